The van der Waals surface area contributed by atoms with E-state index in [0.29, 0.717) is 22.2 Å². The predicted molar refractivity (Wildman–Crippen MR) is 168 cm³/mol. The molecule has 3 aromatic rings. The monoisotopic (exact) mass is 629 g/mol. The first kappa shape index (κ1) is 31.9. The molecule has 0 spiro atoms. The van der Waals surface area contributed by atoms with E-state index < -0.39 is 28.5 Å². The minimum absolute atomic E-state index is 0.00698. The van der Waals surface area contributed by atoms with Gasteiger partial charge in [0.1, 0.15) is 12.6 Å². The molecule has 1 aliphatic rings. The van der Waals surface area contributed by atoms with Gasteiger partial charge in [0, 0.05) is 22.6 Å². The first-order valence-corrected chi connectivity index (χ1v) is 16.5. The van der Waals surface area contributed by atoms with Crippen LogP contribution < -0.4 is 9.62 Å². The predicted octanol–water partition coefficient (Wildman–Crippen LogP) is 6.75. The Kier molecular flexibility index (Phi) is 10.9. The highest BCUT2D eigenvalue weighted by atomic mass is 35.5. The number of hydrogen-bond donors (Lipinski definition) is 1. The Morgan fingerprint density at radius 1 is 0.929 bits per heavy atom. The fourth-order valence-corrected chi connectivity index (χ4v) is 6.95. The smallest absolute Gasteiger partial charge is 0.264 e. The van der Waals surface area contributed by atoms with Gasteiger partial charge in [-0.15, -0.1) is 0 Å². The average molecular weight is 631 g/mol. The fraction of sp³-hybridized carbons (Fsp3) is 0.375. The van der Waals surface area contributed by atoms with E-state index in [1.54, 1.807) is 42.5 Å². The van der Waals surface area contributed by atoms with Crippen molar-refractivity contribution in [3.63, 3.8) is 0 Å². The van der Waals surface area contributed by atoms with Gasteiger partial charge in [0.15, 0.2) is 0 Å². The molecule has 1 N–H and O–H groups in total. The molecule has 1 fully saturated rings. The number of hydrogen-bond acceptors (Lipinski definition) is 4. The molecule has 0 aromatic heterocycles. The maximum atomic E-state index is 14.2. The van der Waals surface area contributed by atoms with Crippen molar-refractivity contribution in [3.05, 3.63) is 94.0 Å². The van der Waals surface area contributed by atoms with Gasteiger partial charge in [0.25, 0.3) is 10.0 Å². The fourth-order valence-electron chi connectivity index (χ4n) is 5.30. The van der Waals surface area contributed by atoms with Crippen molar-refractivity contribution in [3.8, 4) is 0 Å². The number of aryl methyl sites for hydroxylation is 1. The molecule has 224 valence electrons. The van der Waals surface area contributed by atoms with Crippen LogP contribution in [-0.4, -0.2) is 43.8 Å². The van der Waals surface area contributed by atoms with Gasteiger partial charge < -0.3 is 10.2 Å². The van der Waals surface area contributed by atoms with Crippen LogP contribution in [0, 0.1) is 6.92 Å². The van der Waals surface area contributed by atoms with Gasteiger partial charge in [-0.1, -0.05) is 73.7 Å². The number of nitrogens with zero attached hydrogens (tertiary/aromatic N) is 2. The molecule has 1 atom stereocenters. The van der Waals surface area contributed by atoms with E-state index in [1.807, 2.05) is 19.9 Å². The third-order valence-electron chi connectivity index (χ3n) is 7.57. The first-order valence-electron chi connectivity index (χ1n) is 14.3. The second kappa shape index (κ2) is 14.4. The summed E-state index contributed by atoms with van der Waals surface area (Å²) < 4.78 is 29.0. The van der Waals surface area contributed by atoms with Crippen molar-refractivity contribution in [1.82, 2.24) is 10.2 Å². The van der Waals surface area contributed by atoms with Crippen LogP contribution in [0.3, 0.4) is 0 Å². The molecule has 4 rings (SSSR count). The van der Waals surface area contributed by atoms with Crippen LogP contribution in [-0.2, 0) is 26.2 Å². The van der Waals surface area contributed by atoms with Crippen LogP contribution in [0.25, 0.3) is 0 Å². The number of nitrogens with one attached hydrogen (secondary N) is 1. The number of anilines is 1. The summed E-state index contributed by atoms with van der Waals surface area (Å²) in [5, 5.41) is 4.11. The van der Waals surface area contributed by atoms with E-state index in [2.05, 4.69) is 5.32 Å². The lowest BCUT2D eigenvalue weighted by atomic mass is 9.95. The van der Waals surface area contributed by atoms with Crippen LogP contribution in [0.5, 0.6) is 0 Å². The number of sulfonamides is 1. The van der Waals surface area contributed by atoms with Crippen LogP contribution in [0.2, 0.25) is 10.0 Å². The highest BCUT2D eigenvalue weighted by Gasteiger charge is 2.34. The Hall–Kier alpha value is -3.07. The number of halogens is 2. The van der Waals surface area contributed by atoms with Crippen molar-refractivity contribution >= 4 is 50.7 Å². The SMILES string of the molecule is CC[C@@H](C(=O)NC1CCCCC1)N(Cc1ccc(Cl)cc1)C(=O)CN(c1cccc(C)c1)S(=O)(=O)c1ccc(Cl)cc1. The van der Waals surface area contributed by atoms with Gasteiger partial charge in [-0.25, -0.2) is 8.42 Å². The van der Waals surface area contributed by atoms with E-state index in [0.717, 1.165) is 47.5 Å². The van der Waals surface area contributed by atoms with Crippen LogP contribution >= 0.6 is 23.2 Å². The third kappa shape index (κ3) is 8.06. The van der Waals surface area contributed by atoms with E-state index in [1.165, 1.54) is 29.2 Å². The molecule has 42 heavy (non-hydrogen) atoms. The molecule has 0 heterocycles. The summed E-state index contributed by atoms with van der Waals surface area (Å²) in [4.78, 5) is 29.3. The van der Waals surface area contributed by atoms with Gasteiger partial charge in [0.05, 0.1) is 10.6 Å². The Labute approximate surface area is 258 Å². The highest BCUT2D eigenvalue weighted by Crippen LogP contribution is 2.27. The zero-order valence-electron chi connectivity index (χ0n) is 23.9. The first-order chi connectivity index (χ1) is 20.1. The average Bonchev–Trinajstić information content (AvgIpc) is 2.97. The lowest BCUT2D eigenvalue weighted by Crippen LogP contribution is -2.54. The summed E-state index contributed by atoms with van der Waals surface area (Å²) in [5.41, 5.74) is 1.97. The van der Waals surface area contributed by atoms with Gasteiger partial charge >= 0.3 is 0 Å². The quantitative estimate of drug-likeness (QED) is 0.254. The molecule has 0 bridgehead atoms. The topological polar surface area (TPSA) is 86.8 Å². The van der Waals surface area contributed by atoms with Crippen LogP contribution in [0.1, 0.15) is 56.6 Å². The zero-order valence-corrected chi connectivity index (χ0v) is 26.3. The molecular weight excluding hydrogens is 593 g/mol. The largest absolute Gasteiger partial charge is 0.352 e. The molecule has 0 unspecified atom stereocenters. The second-order valence-electron chi connectivity index (χ2n) is 10.7. The lowest BCUT2D eigenvalue weighted by Gasteiger charge is -2.34. The number of amides is 2. The van der Waals surface area contributed by atoms with Crippen molar-refractivity contribution < 1.29 is 18.0 Å². The Bertz CT molecular complexity index is 1470. The minimum Gasteiger partial charge on any atom is -0.352 e. The Balaban J connectivity index is 1.70. The summed E-state index contributed by atoms with van der Waals surface area (Å²) in [6, 6.07) is 19.2. The van der Waals surface area contributed by atoms with Crippen molar-refractivity contribution in [1.29, 1.82) is 0 Å². The molecule has 10 heteroatoms. The highest BCUT2D eigenvalue weighted by molar-refractivity contribution is 7.92. The molecule has 0 radical (unpaired) electrons. The standard InChI is InChI=1S/C32H37Cl2N3O4S/c1-3-30(32(39)35-27-9-5-4-6-10-27)36(21-24-12-14-25(33)15-13-24)31(38)22-37(28-11-7-8-23(2)20-28)42(40,41)29-18-16-26(34)17-19-29/h7-8,11-20,27,30H,3-6,9-10,21-22H2,1-2H3,(H,35,39)/t30-/m0/s1. The van der Waals surface area contributed by atoms with Crippen molar-refractivity contribution in [2.45, 2.75) is 75.9 Å². The van der Waals surface area contributed by atoms with Gasteiger partial charge in [0.2, 0.25) is 11.8 Å². The third-order valence-corrected chi connectivity index (χ3v) is 9.87. The molecular formula is C32H37Cl2N3O4S. The normalized spacial score (nSPS) is 14.7. The molecule has 1 aliphatic carbocycles. The summed E-state index contributed by atoms with van der Waals surface area (Å²) in [6.07, 6.45) is 5.46. The van der Waals surface area contributed by atoms with Gasteiger partial charge in [-0.2, -0.15) is 0 Å². The van der Waals surface area contributed by atoms with E-state index in [-0.39, 0.29) is 23.4 Å². The number of carbonyl (C=O) groups excluding carboxylic acids is 2. The zero-order chi connectivity index (χ0) is 30.3. The van der Waals surface area contributed by atoms with E-state index in [9.17, 15) is 18.0 Å². The Morgan fingerprint density at radius 2 is 1.55 bits per heavy atom. The van der Waals surface area contributed by atoms with E-state index in [4.69, 9.17) is 23.2 Å². The molecule has 0 aliphatic heterocycles. The maximum absolute atomic E-state index is 14.2. The molecule has 0 saturated heterocycles. The summed E-state index contributed by atoms with van der Waals surface area (Å²) in [5.74, 6) is -0.719. The van der Waals surface area contributed by atoms with Crippen molar-refractivity contribution in [2.24, 2.45) is 0 Å². The molecule has 1 saturated carbocycles. The summed E-state index contributed by atoms with van der Waals surface area (Å²) >= 11 is 12.1. The van der Waals surface area contributed by atoms with E-state index >= 15 is 0 Å². The number of benzene rings is 3. The number of carbonyl (C=O) groups is 2. The minimum atomic E-state index is -4.16. The van der Waals surface area contributed by atoms with Crippen molar-refractivity contribution in [2.75, 3.05) is 10.8 Å². The Morgan fingerprint density at radius 3 is 2.14 bits per heavy atom. The molecule has 3 aromatic carbocycles. The lowest BCUT2D eigenvalue weighted by molar-refractivity contribution is -0.140. The maximum Gasteiger partial charge on any atom is 0.264 e. The summed E-state index contributed by atoms with van der Waals surface area (Å²) in [6.45, 7) is 3.34. The summed E-state index contributed by atoms with van der Waals surface area (Å²) in [7, 11) is -4.16. The second-order valence-corrected chi connectivity index (χ2v) is 13.5. The van der Waals surface area contributed by atoms with Gasteiger partial charge in [-0.3, -0.25) is 13.9 Å². The van der Waals surface area contributed by atoms with Crippen LogP contribution in [0.15, 0.2) is 77.7 Å². The molecule has 2 amide bonds. The number of rotatable bonds is 11. The molecule has 7 nitrogen and oxygen atoms in total. The van der Waals surface area contributed by atoms with Crippen LogP contribution in [0.4, 0.5) is 5.69 Å². The van der Waals surface area contributed by atoms with Gasteiger partial charge in [-0.05, 0) is 85.8 Å².